The number of aliphatic imine (C=N–C) groups is 1. The molecular weight excluding hydrogens is 504 g/mol. The third-order valence-corrected chi connectivity index (χ3v) is 6.40. The van der Waals surface area contributed by atoms with Crippen molar-refractivity contribution < 1.29 is 33.0 Å². The Morgan fingerprint density at radius 3 is 2.51 bits per heavy atom. The summed E-state index contributed by atoms with van der Waals surface area (Å²) in [6.45, 7) is 5.07. The van der Waals surface area contributed by atoms with Crippen LogP contribution in [-0.4, -0.2) is 47.1 Å². The van der Waals surface area contributed by atoms with E-state index >= 15 is 0 Å². The van der Waals surface area contributed by atoms with E-state index in [1.807, 2.05) is 20.8 Å². The maximum Gasteiger partial charge on any atom is 0.387 e. The number of hydrogen-bond acceptors (Lipinski definition) is 7. The first-order valence-electron chi connectivity index (χ1n) is 11.7. The molecule has 2 aromatic rings. The van der Waals surface area contributed by atoms with E-state index in [0.29, 0.717) is 17.9 Å². The molecule has 0 unspecified atom stereocenters. The number of nitrogens with one attached hydrogen (secondary N) is 1. The number of amidine groups is 1. The molecule has 0 aromatic heterocycles. The molecule has 0 radical (unpaired) electrons. The van der Waals surface area contributed by atoms with Gasteiger partial charge in [-0.1, -0.05) is 31.7 Å². The number of anilines is 1. The van der Waals surface area contributed by atoms with Crippen LogP contribution in [0.15, 0.2) is 53.2 Å². The maximum absolute atomic E-state index is 13.4. The Hall–Kier alpha value is -3.60. The molecule has 0 saturated heterocycles. The van der Waals surface area contributed by atoms with Crippen LogP contribution in [0.5, 0.6) is 17.2 Å². The van der Waals surface area contributed by atoms with Crippen molar-refractivity contribution in [2.45, 2.75) is 40.3 Å². The van der Waals surface area contributed by atoms with Crippen molar-refractivity contribution in [3.8, 4) is 17.2 Å². The third kappa shape index (κ3) is 7.45. The van der Waals surface area contributed by atoms with Crippen LogP contribution in [0.25, 0.3) is 6.08 Å². The molecule has 2 aromatic carbocycles. The lowest BCUT2D eigenvalue weighted by Crippen LogP contribution is -2.38. The minimum atomic E-state index is -2.97. The normalized spacial score (nSPS) is 15.4. The molecule has 8 nitrogen and oxygen atoms in total. The monoisotopic (exact) mass is 533 g/mol. The summed E-state index contributed by atoms with van der Waals surface area (Å²) in [6, 6.07) is 10.2. The molecule has 1 aliphatic heterocycles. The van der Waals surface area contributed by atoms with Crippen LogP contribution < -0.4 is 19.7 Å². The number of carbonyl (C=O) groups excluding carboxylic acids is 2. The number of phenolic OH excluding ortho intramolecular Hbond substituents is 1. The van der Waals surface area contributed by atoms with E-state index in [4.69, 9.17) is 4.74 Å². The van der Waals surface area contributed by atoms with E-state index in [2.05, 4.69) is 15.0 Å². The van der Waals surface area contributed by atoms with Gasteiger partial charge in [-0.3, -0.25) is 14.5 Å². The molecule has 3 rings (SSSR count). The largest absolute Gasteiger partial charge is 0.504 e. The number of thioether (sulfide) groups is 1. The van der Waals surface area contributed by atoms with Crippen LogP contribution in [0.2, 0.25) is 0 Å². The highest BCUT2D eigenvalue weighted by Gasteiger charge is 2.32. The Kier molecular flexibility index (Phi) is 9.51. The number of halogens is 2. The van der Waals surface area contributed by atoms with Gasteiger partial charge in [-0.2, -0.15) is 8.78 Å². The highest BCUT2D eigenvalue weighted by atomic mass is 32.2. The zero-order valence-electron chi connectivity index (χ0n) is 20.9. The molecule has 2 N–H and O–H groups in total. The van der Waals surface area contributed by atoms with Gasteiger partial charge >= 0.3 is 6.61 Å². The second kappa shape index (κ2) is 12.6. The molecule has 0 saturated carbocycles. The highest BCUT2D eigenvalue weighted by Crippen LogP contribution is 2.32. The van der Waals surface area contributed by atoms with E-state index in [-0.39, 0.29) is 51.7 Å². The number of aromatic hydroxyl groups is 1. The molecule has 0 bridgehead atoms. The van der Waals surface area contributed by atoms with Gasteiger partial charge < -0.3 is 19.9 Å². The zero-order chi connectivity index (χ0) is 27.1. The summed E-state index contributed by atoms with van der Waals surface area (Å²) in [7, 11) is 0. The fourth-order valence-electron chi connectivity index (χ4n) is 3.24. The lowest BCUT2D eigenvalue weighted by atomic mass is 10.1. The summed E-state index contributed by atoms with van der Waals surface area (Å²) < 4.78 is 34.9. The van der Waals surface area contributed by atoms with Gasteiger partial charge in [0.1, 0.15) is 11.4 Å². The van der Waals surface area contributed by atoms with Crippen LogP contribution >= 0.6 is 11.8 Å². The molecule has 0 aliphatic carbocycles. The molecule has 1 aliphatic rings. The van der Waals surface area contributed by atoms with E-state index in [1.165, 1.54) is 35.2 Å². The van der Waals surface area contributed by atoms with E-state index < -0.39 is 12.5 Å². The second-order valence-corrected chi connectivity index (χ2v) is 9.43. The fraction of sp³-hybridized carbons (Fsp3) is 0.346. The molecule has 1 atom stereocenters. The summed E-state index contributed by atoms with van der Waals surface area (Å²) in [5.41, 5.74) is 1.04. The number of ether oxygens (including phenoxy) is 2. The first-order chi connectivity index (χ1) is 17.6. The second-order valence-electron chi connectivity index (χ2n) is 8.49. The Balaban J connectivity index is 1.90. The number of nitrogens with zero attached hydrogens (tertiary/aromatic N) is 2. The smallest absolute Gasteiger partial charge is 0.387 e. The van der Waals surface area contributed by atoms with Crippen LogP contribution in [-0.2, 0) is 9.59 Å². The average molecular weight is 534 g/mol. The summed E-state index contributed by atoms with van der Waals surface area (Å²) in [5, 5.41) is 13.1. The van der Waals surface area contributed by atoms with Crippen molar-refractivity contribution >= 4 is 40.5 Å². The highest BCUT2D eigenvalue weighted by molar-refractivity contribution is 8.14. The first kappa shape index (κ1) is 28.0. The molecule has 1 heterocycles. The number of phenols is 1. The number of carbonyl (C=O) groups is 2. The van der Waals surface area contributed by atoms with Gasteiger partial charge in [-0.25, -0.2) is 4.99 Å². The third-order valence-electron chi connectivity index (χ3n) is 5.46. The van der Waals surface area contributed by atoms with Gasteiger partial charge in [0.15, 0.2) is 16.7 Å². The molecular formula is C26H29F2N3O5S. The molecule has 37 heavy (non-hydrogen) atoms. The number of rotatable bonds is 10. The van der Waals surface area contributed by atoms with Crippen molar-refractivity contribution in [2.24, 2.45) is 10.9 Å². The van der Waals surface area contributed by atoms with Crippen LogP contribution in [0, 0.1) is 5.92 Å². The van der Waals surface area contributed by atoms with Crippen molar-refractivity contribution in [1.29, 1.82) is 0 Å². The predicted octanol–water partition coefficient (Wildman–Crippen LogP) is 5.03. The van der Waals surface area contributed by atoms with Crippen molar-refractivity contribution in [1.82, 2.24) is 5.32 Å². The van der Waals surface area contributed by atoms with Gasteiger partial charge in [0.05, 0.1) is 18.0 Å². The maximum atomic E-state index is 13.4. The Bertz CT molecular complexity index is 1190. The minimum absolute atomic E-state index is 0.0211. The number of benzene rings is 2. The quantitative estimate of drug-likeness (QED) is 0.416. The van der Waals surface area contributed by atoms with Crippen LogP contribution in [0.4, 0.5) is 14.5 Å². The fourth-order valence-corrected chi connectivity index (χ4v) is 4.06. The van der Waals surface area contributed by atoms with Crippen molar-refractivity contribution in [2.75, 3.05) is 17.3 Å². The van der Waals surface area contributed by atoms with Crippen molar-refractivity contribution in [3.05, 3.63) is 53.7 Å². The van der Waals surface area contributed by atoms with Gasteiger partial charge in [0, 0.05) is 6.04 Å². The van der Waals surface area contributed by atoms with E-state index in [9.17, 15) is 23.5 Å². The molecule has 198 valence electrons. The molecule has 0 fully saturated rings. The zero-order valence-corrected chi connectivity index (χ0v) is 21.7. The first-order valence-corrected chi connectivity index (χ1v) is 12.6. The van der Waals surface area contributed by atoms with E-state index in [0.717, 1.165) is 11.8 Å². The minimum Gasteiger partial charge on any atom is -0.504 e. The van der Waals surface area contributed by atoms with Gasteiger partial charge in [0.25, 0.3) is 5.91 Å². The Labute approximate surface area is 218 Å². The van der Waals surface area contributed by atoms with Gasteiger partial charge in [-0.05, 0) is 67.8 Å². The lowest BCUT2D eigenvalue weighted by molar-refractivity contribution is -0.119. The van der Waals surface area contributed by atoms with Crippen LogP contribution in [0.1, 0.15) is 33.3 Å². The summed E-state index contributed by atoms with van der Waals surface area (Å²) in [6.07, 6.45) is 1.54. The van der Waals surface area contributed by atoms with Crippen molar-refractivity contribution in [3.63, 3.8) is 0 Å². The van der Waals surface area contributed by atoms with Gasteiger partial charge in [0.2, 0.25) is 5.91 Å². The van der Waals surface area contributed by atoms with Gasteiger partial charge in [-0.15, -0.1) is 0 Å². The molecule has 0 spiro atoms. The summed E-state index contributed by atoms with van der Waals surface area (Å²) in [5.74, 6) is -0.216. The topological polar surface area (TPSA) is 100 Å². The number of alkyl halides is 2. The predicted molar refractivity (Wildman–Crippen MR) is 140 cm³/mol. The Morgan fingerprint density at radius 2 is 1.89 bits per heavy atom. The number of hydrogen-bond donors (Lipinski definition) is 2. The average Bonchev–Trinajstić information content (AvgIpc) is 3.15. The Morgan fingerprint density at radius 1 is 1.19 bits per heavy atom. The lowest BCUT2D eigenvalue weighted by Gasteiger charge is -2.19. The molecule has 2 amide bonds. The standard InChI is InChI=1S/C26H29F2N3O5S/c1-5-35-22-13-17(6-11-21(22)32)12-20-24(34)31(18-7-9-19(10-8-18)36-25(27)28)26(30-20)37-14-23(33)29-16(4)15(2)3/h6-13,15-16,25,32H,5,14H2,1-4H3,(H,29,33)/b20-12+/t16-/m0/s1. The SMILES string of the molecule is CCOc1cc(/C=C2/N=C(SCC(=O)N[C@@H](C)C(C)C)N(c3ccc(OC(F)F)cc3)C2=O)ccc1O. The van der Waals surface area contributed by atoms with Crippen LogP contribution in [0.3, 0.4) is 0 Å². The summed E-state index contributed by atoms with van der Waals surface area (Å²) >= 11 is 1.08. The van der Waals surface area contributed by atoms with E-state index in [1.54, 1.807) is 25.1 Å². The number of amides is 2. The summed E-state index contributed by atoms with van der Waals surface area (Å²) in [4.78, 5) is 31.6. The molecule has 11 heteroatoms.